The number of fused-ring (bicyclic) bond motifs is 1. The van der Waals surface area contributed by atoms with E-state index in [1.54, 1.807) is 12.4 Å². The molecule has 3 nitrogen and oxygen atoms in total. The molecule has 96 valence electrons. The minimum absolute atomic E-state index is 0.858. The molecule has 3 aromatic rings. The minimum atomic E-state index is 0.858. The van der Waals surface area contributed by atoms with Crippen molar-refractivity contribution in [2.75, 3.05) is 5.32 Å². The summed E-state index contributed by atoms with van der Waals surface area (Å²) in [4.78, 5) is 11.4. The van der Waals surface area contributed by atoms with Gasteiger partial charge in [0, 0.05) is 34.4 Å². The van der Waals surface area contributed by atoms with Gasteiger partial charge in [-0.2, -0.15) is 0 Å². The maximum absolute atomic E-state index is 4.31. The summed E-state index contributed by atoms with van der Waals surface area (Å²) in [5, 5.41) is 3.43. The molecular weight excluding hydrogens is 254 g/mol. The van der Waals surface area contributed by atoms with Crippen LogP contribution in [0.5, 0.6) is 0 Å². The highest BCUT2D eigenvalue weighted by molar-refractivity contribution is 7.12. The first-order valence-corrected chi connectivity index (χ1v) is 7.19. The van der Waals surface area contributed by atoms with Gasteiger partial charge in [-0.15, -0.1) is 11.3 Å². The number of aryl methyl sites for hydroxylation is 1. The summed E-state index contributed by atoms with van der Waals surface area (Å²) in [6.07, 6.45) is 4.54. The van der Waals surface area contributed by atoms with Crippen LogP contribution in [-0.2, 0) is 13.0 Å². The zero-order valence-electron chi connectivity index (χ0n) is 10.8. The van der Waals surface area contributed by atoms with E-state index < -0.39 is 0 Å². The molecule has 4 heteroatoms. The summed E-state index contributed by atoms with van der Waals surface area (Å²) >= 11 is 1.87. The molecular formula is C15H15N3S. The Balaban J connectivity index is 1.74. The maximum Gasteiger partial charge on any atom is 0.0907 e. The highest BCUT2D eigenvalue weighted by Crippen LogP contribution is 2.20. The highest BCUT2D eigenvalue weighted by atomic mass is 32.1. The molecule has 0 atom stereocenters. The van der Waals surface area contributed by atoms with Gasteiger partial charge in [-0.3, -0.25) is 9.97 Å². The van der Waals surface area contributed by atoms with Crippen LogP contribution in [0.1, 0.15) is 16.7 Å². The van der Waals surface area contributed by atoms with Crippen LogP contribution in [-0.4, -0.2) is 9.97 Å². The lowest BCUT2D eigenvalue weighted by atomic mass is 10.2. The molecule has 0 bridgehead atoms. The van der Waals surface area contributed by atoms with Gasteiger partial charge >= 0.3 is 0 Å². The lowest BCUT2D eigenvalue weighted by Gasteiger charge is -2.05. The summed E-state index contributed by atoms with van der Waals surface area (Å²) in [5.74, 6) is 0. The van der Waals surface area contributed by atoms with Crippen molar-refractivity contribution in [2.45, 2.75) is 19.9 Å². The molecule has 0 saturated heterocycles. The molecule has 0 radical (unpaired) electrons. The smallest absolute Gasteiger partial charge is 0.0907 e. The van der Waals surface area contributed by atoms with E-state index in [0.717, 1.165) is 29.7 Å². The number of hydrogen-bond acceptors (Lipinski definition) is 4. The first kappa shape index (κ1) is 12.1. The summed E-state index contributed by atoms with van der Waals surface area (Å²) in [5.41, 5.74) is 2.94. The largest absolute Gasteiger partial charge is 0.380 e. The molecule has 0 fully saturated rings. The molecule has 19 heavy (non-hydrogen) atoms. The van der Waals surface area contributed by atoms with Crippen molar-refractivity contribution in [3.63, 3.8) is 0 Å². The van der Waals surface area contributed by atoms with Crippen molar-refractivity contribution < 1.29 is 0 Å². The van der Waals surface area contributed by atoms with Gasteiger partial charge in [-0.05, 0) is 36.8 Å². The number of anilines is 1. The molecule has 0 aliphatic carbocycles. The van der Waals surface area contributed by atoms with Gasteiger partial charge in [0.25, 0.3) is 0 Å². The fourth-order valence-corrected chi connectivity index (χ4v) is 2.87. The van der Waals surface area contributed by atoms with Crippen LogP contribution in [0.25, 0.3) is 11.0 Å². The predicted molar refractivity (Wildman–Crippen MR) is 80.6 cm³/mol. The van der Waals surface area contributed by atoms with Gasteiger partial charge in [0.05, 0.1) is 11.0 Å². The van der Waals surface area contributed by atoms with Crippen molar-refractivity contribution in [2.24, 2.45) is 0 Å². The van der Waals surface area contributed by atoms with Crippen molar-refractivity contribution >= 4 is 28.1 Å². The third-order valence-electron chi connectivity index (χ3n) is 3.00. The first-order chi connectivity index (χ1) is 9.35. The topological polar surface area (TPSA) is 37.8 Å². The number of nitrogens with zero attached hydrogens (tertiary/aromatic N) is 2. The number of hydrogen-bond donors (Lipinski definition) is 1. The Hall–Kier alpha value is -1.94. The molecule has 3 rings (SSSR count). The van der Waals surface area contributed by atoms with E-state index in [2.05, 4.69) is 34.3 Å². The lowest BCUT2D eigenvalue weighted by Crippen LogP contribution is -1.97. The molecule has 0 spiro atoms. The molecule has 1 N–H and O–H groups in total. The predicted octanol–water partition coefficient (Wildman–Crippen LogP) is 3.87. The molecule has 0 unspecified atom stereocenters. The molecule has 0 amide bonds. The molecule has 1 aromatic carbocycles. The standard InChI is InChI=1S/C15H15N3S/c1-2-12-4-5-13(19-12)10-18-11-3-6-14-15(9-11)17-8-7-16-14/h3-9,18H,2,10H2,1H3. The van der Waals surface area contributed by atoms with E-state index >= 15 is 0 Å². The van der Waals surface area contributed by atoms with E-state index in [0.29, 0.717) is 0 Å². The van der Waals surface area contributed by atoms with E-state index in [9.17, 15) is 0 Å². The Morgan fingerprint density at radius 3 is 2.58 bits per heavy atom. The minimum Gasteiger partial charge on any atom is -0.380 e. The molecule has 2 heterocycles. The van der Waals surface area contributed by atoms with Gasteiger partial charge in [-0.25, -0.2) is 0 Å². The fraction of sp³-hybridized carbons (Fsp3) is 0.200. The van der Waals surface area contributed by atoms with Crippen molar-refractivity contribution in [1.82, 2.24) is 9.97 Å². The maximum atomic E-state index is 4.31. The van der Waals surface area contributed by atoms with Crippen LogP contribution < -0.4 is 5.32 Å². The number of benzene rings is 1. The van der Waals surface area contributed by atoms with E-state index in [4.69, 9.17) is 0 Å². The number of rotatable bonds is 4. The molecule has 0 saturated carbocycles. The van der Waals surface area contributed by atoms with Gasteiger partial charge in [-0.1, -0.05) is 6.92 Å². The van der Waals surface area contributed by atoms with Crippen LogP contribution in [0, 0.1) is 0 Å². The van der Waals surface area contributed by atoms with Gasteiger partial charge in [0.1, 0.15) is 0 Å². The Bertz CT molecular complexity index is 690. The summed E-state index contributed by atoms with van der Waals surface area (Å²) in [6.45, 7) is 3.04. The Morgan fingerprint density at radius 1 is 1.00 bits per heavy atom. The van der Waals surface area contributed by atoms with Crippen molar-refractivity contribution in [1.29, 1.82) is 0 Å². The zero-order valence-corrected chi connectivity index (χ0v) is 11.6. The van der Waals surface area contributed by atoms with Crippen LogP contribution in [0.3, 0.4) is 0 Å². The van der Waals surface area contributed by atoms with Crippen molar-refractivity contribution in [3.05, 3.63) is 52.5 Å². The average Bonchev–Trinajstić information content (AvgIpc) is 2.93. The zero-order chi connectivity index (χ0) is 13.1. The number of aromatic nitrogens is 2. The van der Waals surface area contributed by atoms with Crippen molar-refractivity contribution in [3.8, 4) is 0 Å². The van der Waals surface area contributed by atoms with E-state index in [1.807, 2.05) is 29.5 Å². The average molecular weight is 269 g/mol. The second-order valence-corrected chi connectivity index (χ2v) is 5.59. The Kier molecular flexibility index (Phi) is 3.42. The monoisotopic (exact) mass is 269 g/mol. The quantitative estimate of drug-likeness (QED) is 0.781. The second-order valence-electron chi connectivity index (χ2n) is 4.33. The summed E-state index contributed by atoms with van der Waals surface area (Å²) in [6, 6.07) is 10.5. The highest BCUT2D eigenvalue weighted by Gasteiger charge is 2.00. The van der Waals surface area contributed by atoms with Gasteiger partial charge < -0.3 is 5.32 Å². The SMILES string of the molecule is CCc1ccc(CNc2ccc3nccnc3c2)s1. The summed E-state index contributed by atoms with van der Waals surface area (Å²) in [7, 11) is 0. The molecule has 0 aliphatic heterocycles. The third-order valence-corrected chi connectivity index (χ3v) is 4.23. The first-order valence-electron chi connectivity index (χ1n) is 6.37. The third kappa shape index (κ3) is 2.74. The van der Waals surface area contributed by atoms with Crippen LogP contribution in [0.2, 0.25) is 0 Å². The molecule has 0 aliphatic rings. The van der Waals surface area contributed by atoms with Crippen LogP contribution in [0.4, 0.5) is 5.69 Å². The number of thiophene rings is 1. The second kappa shape index (κ2) is 5.36. The van der Waals surface area contributed by atoms with Gasteiger partial charge in [0.15, 0.2) is 0 Å². The van der Waals surface area contributed by atoms with Gasteiger partial charge in [0.2, 0.25) is 0 Å². The Morgan fingerprint density at radius 2 is 1.79 bits per heavy atom. The Labute approximate surface area is 116 Å². The normalized spacial score (nSPS) is 10.8. The molecule has 2 aromatic heterocycles. The van der Waals surface area contributed by atoms with Crippen LogP contribution in [0.15, 0.2) is 42.7 Å². The lowest BCUT2D eigenvalue weighted by molar-refractivity contribution is 1.19. The van der Waals surface area contributed by atoms with E-state index in [-0.39, 0.29) is 0 Å². The van der Waals surface area contributed by atoms with E-state index in [1.165, 1.54) is 9.75 Å². The fourth-order valence-electron chi connectivity index (χ4n) is 1.97. The summed E-state index contributed by atoms with van der Waals surface area (Å²) < 4.78 is 0. The number of nitrogens with one attached hydrogen (secondary N) is 1. The van der Waals surface area contributed by atoms with Crippen LogP contribution >= 0.6 is 11.3 Å².